The SMILES string of the molecule is O=C(c1cccc(Cl)c1)N1CCN(S(=O)(=O)c2ccccc2[N+](=O)[O-])CC1. The fourth-order valence-electron chi connectivity index (χ4n) is 2.90. The van der Waals surface area contributed by atoms with Crippen molar-refractivity contribution >= 4 is 33.2 Å². The molecule has 10 heteroatoms. The molecule has 27 heavy (non-hydrogen) atoms. The van der Waals surface area contributed by atoms with E-state index in [0.29, 0.717) is 10.6 Å². The van der Waals surface area contributed by atoms with Crippen molar-refractivity contribution in [2.75, 3.05) is 26.2 Å². The standard InChI is InChI=1S/C17H16ClN3O5S/c18-14-5-3-4-13(12-14)17(22)19-8-10-20(11-9-19)27(25,26)16-7-2-1-6-15(16)21(23)24/h1-7,12H,8-11H2. The summed E-state index contributed by atoms with van der Waals surface area (Å²) in [6, 6.07) is 11.8. The number of para-hydroxylation sites is 1. The normalized spacial score (nSPS) is 15.5. The molecule has 0 unspecified atom stereocenters. The number of amides is 1. The number of hydrogen-bond donors (Lipinski definition) is 0. The molecule has 0 bridgehead atoms. The molecule has 1 heterocycles. The lowest BCUT2D eigenvalue weighted by molar-refractivity contribution is -0.387. The lowest BCUT2D eigenvalue weighted by Gasteiger charge is -2.34. The van der Waals surface area contributed by atoms with Crippen LogP contribution in [0.4, 0.5) is 5.69 Å². The summed E-state index contributed by atoms with van der Waals surface area (Å²) in [5.74, 6) is -0.236. The van der Waals surface area contributed by atoms with Gasteiger partial charge in [0.25, 0.3) is 11.6 Å². The smallest absolute Gasteiger partial charge is 0.289 e. The zero-order valence-corrected chi connectivity index (χ0v) is 15.7. The molecule has 0 N–H and O–H groups in total. The Balaban J connectivity index is 1.76. The van der Waals surface area contributed by atoms with E-state index in [1.54, 1.807) is 24.3 Å². The van der Waals surface area contributed by atoms with Gasteiger partial charge in [-0.3, -0.25) is 14.9 Å². The van der Waals surface area contributed by atoms with Crippen LogP contribution in [-0.2, 0) is 10.0 Å². The Morgan fingerprint density at radius 3 is 2.33 bits per heavy atom. The molecule has 1 aliphatic heterocycles. The zero-order valence-electron chi connectivity index (χ0n) is 14.1. The summed E-state index contributed by atoms with van der Waals surface area (Å²) >= 11 is 5.91. The first-order valence-corrected chi connectivity index (χ1v) is 9.91. The molecule has 2 aromatic rings. The van der Waals surface area contributed by atoms with Gasteiger partial charge in [-0.15, -0.1) is 0 Å². The molecule has 0 spiro atoms. The van der Waals surface area contributed by atoms with Crippen LogP contribution in [0.1, 0.15) is 10.4 Å². The average Bonchev–Trinajstić information content (AvgIpc) is 2.67. The third-order valence-corrected chi connectivity index (χ3v) is 6.46. The Morgan fingerprint density at radius 1 is 1.04 bits per heavy atom. The summed E-state index contributed by atoms with van der Waals surface area (Å²) in [5, 5.41) is 11.6. The molecule has 0 radical (unpaired) electrons. The van der Waals surface area contributed by atoms with Gasteiger partial charge in [0.1, 0.15) is 0 Å². The maximum absolute atomic E-state index is 12.8. The van der Waals surface area contributed by atoms with Crippen LogP contribution in [0.25, 0.3) is 0 Å². The van der Waals surface area contributed by atoms with Crippen LogP contribution >= 0.6 is 11.6 Å². The summed E-state index contributed by atoms with van der Waals surface area (Å²) < 4.78 is 26.8. The fourth-order valence-corrected chi connectivity index (χ4v) is 4.67. The van der Waals surface area contributed by atoms with E-state index in [4.69, 9.17) is 11.6 Å². The molecule has 3 rings (SSSR count). The van der Waals surface area contributed by atoms with E-state index >= 15 is 0 Å². The van der Waals surface area contributed by atoms with Crippen molar-refractivity contribution in [3.63, 3.8) is 0 Å². The number of rotatable bonds is 4. The molecule has 8 nitrogen and oxygen atoms in total. The van der Waals surface area contributed by atoms with E-state index in [-0.39, 0.29) is 37.0 Å². The number of halogens is 1. The number of carbonyl (C=O) groups is 1. The molecule has 0 aliphatic carbocycles. The highest BCUT2D eigenvalue weighted by Crippen LogP contribution is 2.27. The summed E-state index contributed by atoms with van der Waals surface area (Å²) in [4.78, 5) is 24.1. The Hall–Kier alpha value is -2.49. The van der Waals surface area contributed by atoms with Crippen LogP contribution < -0.4 is 0 Å². The van der Waals surface area contributed by atoms with Crippen LogP contribution in [0.3, 0.4) is 0 Å². The van der Waals surface area contributed by atoms with Gasteiger partial charge in [-0.2, -0.15) is 4.31 Å². The Labute approximate surface area is 161 Å². The average molecular weight is 410 g/mol. The topological polar surface area (TPSA) is 101 Å². The maximum Gasteiger partial charge on any atom is 0.289 e. The number of hydrogen-bond acceptors (Lipinski definition) is 5. The van der Waals surface area contributed by atoms with Gasteiger partial charge in [-0.05, 0) is 24.3 Å². The van der Waals surface area contributed by atoms with Gasteiger partial charge in [0.05, 0.1) is 4.92 Å². The predicted molar refractivity (Wildman–Crippen MR) is 99.2 cm³/mol. The molecule has 142 valence electrons. The fraction of sp³-hybridized carbons (Fsp3) is 0.235. The number of carbonyl (C=O) groups excluding carboxylic acids is 1. The third-order valence-electron chi connectivity index (χ3n) is 4.28. The van der Waals surface area contributed by atoms with Crippen LogP contribution in [0.2, 0.25) is 5.02 Å². The minimum atomic E-state index is -4.03. The van der Waals surface area contributed by atoms with E-state index < -0.39 is 20.6 Å². The first-order chi connectivity index (χ1) is 12.8. The van der Waals surface area contributed by atoms with Crippen molar-refractivity contribution in [2.45, 2.75) is 4.90 Å². The minimum Gasteiger partial charge on any atom is -0.336 e. The molecule has 1 fully saturated rings. The molecular formula is C17H16ClN3O5S. The lowest BCUT2D eigenvalue weighted by Crippen LogP contribution is -2.50. The monoisotopic (exact) mass is 409 g/mol. The highest BCUT2D eigenvalue weighted by atomic mass is 35.5. The van der Waals surface area contributed by atoms with E-state index in [2.05, 4.69) is 0 Å². The summed E-state index contributed by atoms with van der Waals surface area (Å²) in [7, 11) is -4.03. The van der Waals surface area contributed by atoms with Gasteiger partial charge in [-0.1, -0.05) is 29.8 Å². The van der Waals surface area contributed by atoms with Crippen molar-refractivity contribution in [3.05, 3.63) is 69.2 Å². The largest absolute Gasteiger partial charge is 0.336 e. The molecule has 1 aliphatic rings. The third kappa shape index (κ3) is 3.95. The quantitative estimate of drug-likeness (QED) is 0.570. The number of nitro groups is 1. The van der Waals surface area contributed by atoms with Gasteiger partial charge >= 0.3 is 0 Å². The van der Waals surface area contributed by atoms with E-state index in [1.807, 2.05) is 0 Å². The number of sulfonamides is 1. The van der Waals surface area contributed by atoms with E-state index in [0.717, 1.165) is 10.4 Å². The summed E-state index contributed by atoms with van der Waals surface area (Å²) in [5.41, 5.74) is -0.0348. The van der Waals surface area contributed by atoms with Gasteiger partial charge in [0, 0.05) is 42.8 Å². The van der Waals surface area contributed by atoms with Crippen molar-refractivity contribution < 1.29 is 18.1 Å². The Kier molecular flexibility index (Phi) is 5.45. The Morgan fingerprint density at radius 2 is 1.70 bits per heavy atom. The van der Waals surface area contributed by atoms with Crippen LogP contribution in [0.5, 0.6) is 0 Å². The van der Waals surface area contributed by atoms with Gasteiger partial charge in [-0.25, -0.2) is 8.42 Å². The Bertz CT molecular complexity index is 988. The zero-order chi connectivity index (χ0) is 19.6. The van der Waals surface area contributed by atoms with E-state index in [9.17, 15) is 23.3 Å². The van der Waals surface area contributed by atoms with Gasteiger partial charge < -0.3 is 4.90 Å². The second kappa shape index (κ2) is 7.63. The van der Waals surface area contributed by atoms with Crippen molar-refractivity contribution in [1.29, 1.82) is 0 Å². The molecule has 1 amide bonds. The molecule has 0 saturated carbocycles. The molecule has 2 aromatic carbocycles. The predicted octanol–water partition coefficient (Wildman–Crippen LogP) is 2.39. The minimum absolute atomic E-state index is 0.0562. The van der Waals surface area contributed by atoms with Gasteiger partial charge in [0.15, 0.2) is 4.90 Å². The van der Waals surface area contributed by atoms with Crippen LogP contribution in [-0.4, -0.2) is 54.6 Å². The first-order valence-electron chi connectivity index (χ1n) is 8.09. The molecule has 1 saturated heterocycles. The number of nitro benzene ring substituents is 1. The lowest BCUT2D eigenvalue weighted by atomic mass is 10.2. The molecule has 0 atom stereocenters. The second-order valence-corrected chi connectivity index (χ2v) is 8.27. The maximum atomic E-state index is 12.8. The molecule has 0 aromatic heterocycles. The van der Waals surface area contributed by atoms with Gasteiger partial charge in [0.2, 0.25) is 10.0 Å². The highest BCUT2D eigenvalue weighted by Gasteiger charge is 2.34. The second-order valence-electron chi connectivity index (χ2n) is 5.93. The summed E-state index contributed by atoms with van der Waals surface area (Å²) in [6.07, 6.45) is 0. The van der Waals surface area contributed by atoms with E-state index in [1.165, 1.54) is 23.1 Å². The van der Waals surface area contributed by atoms with Crippen molar-refractivity contribution in [3.8, 4) is 0 Å². The number of benzene rings is 2. The highest BCUT2D eigenvalue weighted by molar-refractivity contribution is 7.89. The van der Waals surface area contributed by atoms with Crippen molar-refractivity contribution in [1.82, 2.24) is 9.21 Å². The number of piperazine rings is 1. The van der Waals surface area contributed by atoms with Crippen LogP contribution in [0, 0.1) is 10.1 Å². The first kappa shape index (κ1) is 19.3. The van der Waals surface area contributed by atoms with Crippen LogP contribution in [0.15, 0.2) is 53.4 Å². The van der Waals surface area contributed by atoms with Crippen molar-refractivity contribution in [2.24, 2.45) is 0 Å². The number of nitrogens with zero attached hydrogens (tertiary/aromatic N) is 3. The summed E-state index contributed by atoms with van der Waals surface area (Å²) in [6.45, 7) is 0.484. The molecular weight excluding hydrogens is 394 g/mol.